The van der Waals surface area contributed by atoms with Crippen molar-refractivity contribution in [2.45, 2.75) is 38.8 Å². The first-order valence-electron chi connectivity index (χ1n) is 6.51. The van der Waals surface area contributed by atoms with E-state index in [0.29, 0.717) is 12.4 Å². The van der Waals surface area contributed by atoms with Crippen LogP contribution in [0.3, 0.4) is 0 Å². The predicted molar refractivity (Wildman–Crippen MR) is 72.1 cm³/mol. The maximum Gasteiger partial charge on any atom is 0.219 e. The molecule has 1 aliphatic rings. The summed E-state index contributed by atoms with van der Waals surface area (Å²) in [6.45, 7) is 4.48. The van der Waals surface area contributed by atoms with Crippen LogP contribution in [-0.2, 0) is 11.2 Å². The second-order valence-electron chi connectivity index (χ2n) is 4.84. The number of hydrogen-bond donors (Lipinski definition) is 2. The van der Waals surface area contributed by atoms with E-state index >= 15 is 0 Å². The zero-order chi connectivity index (χ0) is 14.0. The first-order valence-corrected chi connectivity index (χ1v) is 6.51. The topological polar surface area (TPSA) is 87.6 Å². The number of carbonyl (C=O) groups is 1. The van der Waals surface area contributed by atoms with E-state index in [1.165, 1.54) is 0 Å². The first kappa shape index (κ1) is 13.7. The number of primary amides is 1. The van der Waals surface area contributed by atoms with E-state index in [1.807, 2.05) is 26.0 Å². The van der Waals surface area contributed by atoms with Crippen molar-refractivity contribution in [3.63, 3.8) is 0 Å². The van der Waals surface area contributed by atoms with Crippen LogP contribution >= 0.6 is 0 Å². The van der Waals surface area contributed by atoms with E-state index < -0.39 is 11.9 Å². The Labute approximate surface area is 112 Å². The smallest absolute Gasteiger partial charge is 0.219 e. The van der Waals surface area contributed by atoms with Crippen LogP contribution in [0.15, 0.2) is 12.1 Å². The van der Waals surface area contributed by atoms with Gasteiger partial charge in [0.2, 0.25) is 5.91 Å². The second-order valence-corrected chi connectivity index (χ2v) is 4.84. The molecule has 1 unspecified atom stereocenters. The van der Waals surface area contributed by atoms with Gasteiger partial charge in [-0.05, 0) is 26.0 Å². The summed E-state index contributed by atoms with van der Waals surface area (Å²) >= 11 is 0. The molecule has 5 heteroatoms. The first-order chi connectivity index (χ1) is 9.01. The van der Waals surface area contributed by atoms with E-state index in [1.54, 1.807) is 0 Å². The van der Waals surface area contributed by atoms with Gasteiger partial charge in [0, 0.05) is 30.0 Å². The van der Waals surface area contributed by atoms with Gasteiger partial charge in [-0.15, -0.1) is 0 Å². The SMILES string of the molecule is CCOc1cc2c(cc1[C@H](N)CC(N)=O)OC(C)C2. The number of ether oxygens (including phenoxy) is 2. The van der Waals surface area contributed by atoms with E-state index in [9.17, 15) is 4.79 Å². The van der Waals surface area contributed by atoms with Gasteiger partial charge in [-0.2, -0.15) is 0 Å². The van der Waals surface area contributed by atoms with Gasteiger partial charge < -0.3 is 20.9 Å². The fraction of sp³-hybridized carbons (Fsp3) is 0.500. The lowest BCUT2D eigenvalue weighted by Gasteiger charge is -2.17. The molecule has 2 rings (SSSR count). The molecular weight excluding hydrogens is 244 g/mol. The monoisotopic (exact) mass is 264 g/mol. The van der Waals surface area contributed by atoms with Crippen LogP contribution in [-0.4, -0.2) is 18.6 Å². The van der Waals surface area contributed by atoms with Gasteiger partial charge in [0.25, 0.3) is 0 Å². The van der Waals surface area contributed by atoms with Gasteiger partial charge in [0.15, 0.2) is 0 Å². The van der Waals surface area contributed by atoms with E-state index in [2.05, 4.69) is 0 Å². The summed E-state index contributed by atoms with van der Waals surface area (Å²) in [6, 6.07) is 3.36. The Bertz CT molecular complexity index is 488. The van der Waals surface area contributed by atoms with Crippen LogP contribution in [0, 0.1) is 0 Å². The number of benzene rings is 1. The lowest BCUT2D eigenvalue weighted by Crippen LogP contribution is -2.21. The fourth-order valence-corrected chi connectivity index (χ4v) is 2.35. The van der Waals surface area contributed by atoms with Crippen molar-refractivity contribution in [1.82, 2.24) is 0 Å². The Morgan fingerprint density at radius 2 is 2.32 bits per heavy atom. The molecule has 1 aromatic rings. The molecule has 19 heavy (non-hydrogen) atoms. The molecule has 5 nitrogen and oxygen atoms in total. The molecule has 1 amide bonds. The number of carbonyl (C=O) groups excluding carboxylic acids is 1. The summed E-state index contributed by atoms with van der Waals surface area (Å²) in [6.07, 6.45) is 1.11. The Morgan fingerprint density at radius 1 is 1.58 bits per heavy atom. The summed E-state index contributed by atoms with van der Waals surface area (Å²) in [7, 11) is 0. The molecule has 0 radical (unpaired) electrons. The van der Waals surface area contributed by atoms with Crippen LogP contribution in [0.25, 0.3) is 0 Å². The average molecular weight is 264 g/mol. The van der Waals surface area contributed by atoms with Crippen molar-refractivity contribution in [1.29, 1.82) is 0 Å². The molecule has 0 aromatic heterocycles. The van der Waals surface area contributed by atoms with Crippen molar-refractivity contribution >= 4 is 5.91 Å². The molecule has 1 heterocycles. The second kappa shape index (κ2) is 5.48. The average Bonchev–Trinajstić information content (AvgIpc) is 2.66. The van der Waals surface area contributed by atoms with Crippen LogP contribution in [0.1, 0.15) is 37.4 Å². The Balaban J connectivity index is 2.35. The van der Waals surface area contributed by atoms with Gasteiger partial charge in [0.1, 0.15) is 17.6 Å². The molecule has 0 aliphatic carbocycles. The normalized spacial score (nSPS) is 18.6. The summed E-state index contributed by atoms with van der Waals surface area (Å²) in [5, 5.41) is 0. The van der Waals surface area contributed by atoms with E-state index in [-0.39, 0.29) is 12.5 Å². The number of rotatable bonds is 5. The van der Waals surface area contributed by atoms with Gasteiger partial charge >= 0.3 is 0 Å². The highest BCUT2D eigenvalue weighted by Crippen LogP contribution is 2.37. The molecule has 0 saturated heterocycles. The highest BCUT2D eigenvalue weighted by molar-refractivity contribution is 5.75. The highest BCUT2D eigenvalue weighted by Gasteiger charge is 2.24. The zero-order valence-electron chi connectivity index (χ0n) is 11.3. The van der Waals surface area contributed by atoms with Gasteiger partial charge in [-0.3, -0.25) is 4.79 Å². The third-order valence-electron chi connectivity index (χ3n) is 3.15. The minimum absolute atomic E-state index is 0.0917. The number of nitrogens with two attached hydrogens (primary N) is 2. The molecule has 0 fully saturated rings. The molecule has 104 valence electrons. The molecular formula is C14H20N2O3. The summed E-state index contributed by atoms with van der Waals surface area (Å²) in [4.78, 5) is 11.0. The van der Waals surface area contributed by atoms with Crippen molar-refractivity contribution in [3.05, 3.63) is 23.3 Å². The third kappa shape index (κ3) is 2.98. The summed E-state index contributed by atoms with van der Waals surface area (Å²) < 4.78 is 11.3. The molecule has 0 saturated carbocycles. The lowest BCUT2D eigenvalue weighted by atomic mass is 9.99. The van der Waals surface area contributed by atoms with Crippen molar-refractivity contribution in [3.8, 4) is 11.5 Å². The van der Waals surface area contributed by atoms with Crippen molar-refractivity contribution < 1.29 is 14.3 Å². The minimum atomic E-state index is -0.469. The van der Waals surface area contributed by atoms with Crippen molar-refractivity contribution in [2.75, 3.05) is 6.61 Å². The van der Waals surface area contributed by atoms with Crippen LogP contribution < -0.4 is 20.9 Å². The van der Waals surface area contributed by atoms with E-state index in [0.717, 1.165) is 23.3 Å². The molecule has 0 bridgehead atoms. The number of amides is 1. The van der Waals surface area contributed by atoms with Gasteiger partial charge in [-0.1, -0.05) is 0 Å². The standard InChI is InChI=1S/C14H20N2O3/c1-3-18-13-5-9-4-8(2)19-12(9)6-10(13)11(15)7-14(16)17/h5-6,8,11H,3-4,7,15H2,1-2H3,(H2,16,17)/t8?,11-/m1/s1. The maximum absolute atomic E-state index is 11.0. The third-order valence-corrected chi connectivity index (χ3v) is 3.15. The number of fused-ring (bicyclic) bond motifs is 1. The summed E-state index contributed by atoms with van der Waals surface area (Å²) in [5.41, 5.74) is 13.1. The predicted octanol–water partition coefficient (Wildman–Crippen LogP) is 1.28. The van der Waals surface area contributed by atoms with Gasteiger partial charge in [0.05, 0.1) is 6.61 Å². The zero-order valence-corrected chi connectivity index (χ0v) is 11.3. The molecule has 4 N–H and O–H groups in total. The quantitative estimate of drug-likeness (QED) is 0.838. The Kier molecular flexibility index (Phi) is 3.95. The molecule has 0 spiro atoms. The Morgan fingerprint density at radius 3 is 2.95 bits per heavy atom. The van der Waals surface area contributed by atoms with Crippen LogP contribution in [0.5, 0.6) is 11.5 Å². The molecule has 2 atom stereocenters. The largest absolute Gasteiger partial charge is 0.494 e. The lowest BCUT2D eigenvalue weighted by molar-refractivity contribution is -0.118. The fourth-order valence-electron chi connectivity index (χ4n) is 2.35. The molecule has 1 aromatic carbocycles. The summed E-state index contributed by atoms with van der Waals surface area (Å²) in [5.74, 6) is 1.11. The van der Waals surface area contributed by atoms with Crippen LogP contribution in [0.4, 0.5) is 0 Å². The van der Waals surface area contributed by atoms with Gasteiger partial charge in [-0.25, -0.2) is 0 Å². The van der Waals surface area contributed by atoms with Crippen LogP contribution in [0.2, 0.25) is 0 Å². The number of hydrogen-bond acceptors (Lipinski definition) is 4. The highest BCUT2D eigenvalue weighted by atomic mass is 16.5. The van der Waals surface area contributed by atoms with E-state index in [4.69, 9.17) is 20.9 Å². The minimum Gasteiger partial charge on any atom is -0.494 e. The molecule has 1 aliphatic heterocycles. The Hall–Kier alpha value is -1.75. The van der Waals surface area contributed by atoms with Crippen molar-refractivity contribution in [2.24, 2.45) is 11.5 Å². The maximum atomic E-state index is 11.0.